The van der Waals surface area contributed by atoms with E-state index in [0.717, 1.165) is 19.3 Å². The van der Waals surface area contributed by atoms with Gasteiger partial charge in [-0.25, -0.2) is 4.79 Å². The van der Waals surface area contributed by atoms with E-state index >= 15 is 0 Å². The lowest BCUT2D eigenvalue weighted by molar-refractivity contribution is -0.146. The van der Waals surface area contributed by atoms with E-state index in [9.17, 15) is 9.59 Å². The molecule has 0 aromatic carbocycles. The van der Waals surface area contributed by atoms with Crippen molar-refractivity contribution in [2.75, 3.05) is 7.11 Å². The van der Waals surface area contributed by atoms with Crippen LogP contribution in [0.3, 0.4) is 0 Å². The Balaban J connectivity index is 2.43. The second-order valence-corrected chi connectivity index (χ2v) is 5.73. The highest BCUT2D eigenvalue weighted by Gasteiger charge is 2.29. The van der Waals surface area contributed by atoms with Crippen molar-refractivity contribution in [3.8, 4) is 0 Å². The summed E-state index contributed by atoms with van der Waals surface area (Å²) in [4.78, 5) is 23.1. The van der Waals surface area contributed by atoms with Gasteiger partial charge in [-0.05, 0) is 40.0 Å². The van der Waals surface area contributed by atoms with Crippen LogP contribution in [-0.2, 0) is 14.3 Å². The normalized spacial score (nSPS) is 24.2. The summed E-state index contributed by atoms with van der Waals surface area (Å²) in [6, 6.07) is -0.00213. The summed E-state index contributed by atoms with van der Waals surface area (Å²) in [6.07, 6.45) is 2.84. The molecule has 0 bridgehead atoms. The van der Waals surface area contributed by atoms with Gasteiger partial charge < -0.3 is 14.8 Å². The molecular formula is C13H23NO4. The lowest BCUT2D eigenvalue weighted by Gasteiger charge is -2.29. The summed E-state index contributed by atoms with van der Waals surface area (Å²) < 4.78 is 9.94. The fraction of sp³-hybridized carbons (Fsp3) is 0.846. The first kappa shape index (κ1) is 14.8. The zero-order valence-corrected chi connectivity index (χ0v) is 11.6. The number of ether oxygens (including phenoxy) is 2. The highest BCUT2D eigenvalue weighted by Crippen LogP contribution is 2.25. The van der Waals surface area contributed by atoms with Crippen molar-refractivity contribution >= 4 is 12.1 Å². The number of carbonyl (C=O) groups is 2. The minimum atomic E-state index is -0.500. The first-order valence-corrected chi connectivity index (χ1v) is 6.39. The molecule has 104 valence electrons. The Bertz CT molecular complexity index is 309. The second-order valence-electron chi connectivity index (χ2n) is 5.73. The van der Waals surface area contributed by atoms with Crippen molar-refractivity contribution < 1.29 is 19.1 Å². The average Bonchev–Trinajstić information content (AvgIpc) is 2.25. The summed E-state index contributed by atoms with van der Waals surface area (Å²) in [6.45, 7) is 5.47. The molecule has 1 aliphatic rings. The average molecular weight is 257 g/mol. The molecule has 0 heterocycles. The molecule has 1 N–H and O–H groups in total. The largest absolute Gasteiger partial charge is 0.469 e. The Morgan fingerprint density at radius 3 is 2.44 bits per heavy atom. The van der Waals surface area contributed by atoms with Gasteiger partial charge in [-0.2, -0.15) is 0 Å². The molecule has 18 heavy (non-hydrogen) atoms. The first-order valence-electron chi connectivity index (χ1n) is 6.39. The smallest absolute Gasteiger partial charge is 0.407 e. The fourth-order valence-electron chi connectivity index (χ4n) is 2.18. The lowest BCUT2D eigenvalue weighted by Crippen LogP contribution is -2.42. The van der Waals surface area contributed by atoms with Crippen LogP contribution >= 0.6 is 0 Å². The Labute approximate surface area is 108 Å². The maximum Gasteiger partial charge on any atom is 0.407 e. The van der Waals surface area contributed by atoms with Gasteiger partial charge in [-0.1, -0.05) is 6.42 Å². The molecule has 0 aromatic rings. The highest BCUT2D eigenvalue weighted by atomic mass is 16.6. The molecule has 0 aliphatic heterocycles. The number of nitrogens with one attached hydrogen (secondary N) is 1. The van der Waals surface area contributed by atoms with Crippen molar-refractivity contribution in [1.82, 2.24) is 5.32 Å². The number of alkyl carbamates (subject to hydrolysis) is 1. The van der Waals surface area contributed by atoms with E-state index in [1.807, 2.05) is 20.8 Å². The molecule has 0 saturated heterocycles. The van der Waals surface area contributed by atoms with E-state index in [2.05, 4.69) is 5.32 Å². The maximum absolute atomic E-state index is 11.6. The van der Waals surface area contributed by atoms with Crippen LogP contribution in [-0.4, -0.2) is 30.8 Å². The molecule has 5 heteroatoms. The van der Waals surface area contributed by atoms with Crippen LogP contribution in [0, 0.1) is 5.92 Å². The van der Waals surface area contributed by atoms with E-state index in [-0.39, 0.29) is 17.9 Å². The molecule has 1 unspecified atom stereocenters. The summed E-state index contributed by atoms with van der Waals surface area (Å²) in [5, 5.41) is 2.82. The Morgan fingerprint density at radius 2 is 1.89 bits per heavy atom. The van der Waals surface area contributed by atoms with Gasteiger partial charge in [0.25, 0.3) is 0 Å². The number of hydrogen-bond acceptors (Lipinski definition) is 4. The third kappa shape index (κ3) is 4.94. The second kappa shape index (κ2) is 6.07. The Hall–Kier alpha value is -1.26. The Kier molecular flexibility index (Phi) is 4.99. The van der Waals surface area contributed by atoms with E-state index in [1.165, 1.54) is 7.11 Å². The van der Waals surface area contributed by atoms with Crippen molar-refractivity contribution in [3.05, 3.63) is 0 Å². The molecule has 0 radical (unpaired) electrons. The van der Waals surface area contributed by atoms with Gasteiger partial charge in [0, 0.05) is 6.04 Å². The molecular weight excluding hydrogens is 234 g/mol. The highest BCUT2D eigenvalue weighted by molar-refractivity contribution is 5.73. The van der Waals surface area contributed by atoms with Crippen LogP contribution in [0.15, 0.2) is 0 Å². The number of amides is 1. The van der Waals surface area contributed by atoms with E-state index in [1.54, 1.807) is 0 Å². The third-order valence-electron chi connectivity index (χ3n) is 2.93. The zero-order chi connectivity index (χ0) is 13.8. The van der Waals surface area contributed by atoms with Crippen molar-refractivity contribution in [3.63, 3.8) is 0 Å². The Morgan fingerprint density at radius 1 is 1.22 bits per heavy atom. The molecule has 1 rings (SSSR count). The predicted octanol–water partition coefficient (Wildman–Crippen LogP) is 2.24. The van der Waals surface area contributed by atoms with Gasteiger partial charge in [-0.3, -0.25) is 4.79 Å². The van der Waals surface area contributed by atoms with E-state index in [4.69, 9.17) is 9.47 Å². The maximum atomic E-state index is 11.6. The zero-order valence-electron chi connectivity index (χ0n) is 11.6. The van der Waals surface area contributed by atoms with Crippen molar-refractivity contribution in [1.29, 1.82) is 0 Å². The van der Waals surface area contributed by atoms with Crippen LogP contribution in [0.4, 0.5) is 4.79 Å². The fourth-order valence-corrected chi connectivity index (χ4v) is 2.18. The molecule has 0 spiro atoms. The number of methoxy groups -OCH3 is 1. The number of esters is 1. The van der Waals surface area contributed by atoms with Gasteiger partial charge >= 0.3 is 12.1 Å². The minimum Gasteiger partial charge on any atom is -0.469 e. The monoisotopic (exact) mass is 257 g/mol. The summed E-state index contributed by atoms with van der Waals surface area (Å²) in [5.41, 5.74) is -0.500. The standard InChI is InChI=1S/C13H23NO4/c1-13(2,3)18-12(16)14-10-7-5-6-9(8-10)11(15)17-4/h9-10H,5-8H2,1-4H3,(H,14,16)/t9?,10-/m1/s1. The number of hydrogen-bond donors (Lipinski definition) is 1. The summed E-state index contributed by atoms with van der Waals surface area (Å²) in [5.74, 6) is -0.297. The molecule has 1 saturated carbocycles. The number of carbonyl (C=O) groups excluding carboxylic acids is 2. The molecule has 2 atom stereocenters. The van der Waals surface area contributed by atoms with Gasteiger partial charge in [-0.15, -0.1) is 0 Å². The summed E-state index contributed by atoms with van der Waals surface area (Å²) >= 11 is 0. The predicted molar refractivity (Wildman–Crippen MR) is 67.1 cm³/mol. The first-order chi connectivity index (χ1) is 8.31. The minimum absolute atomic E-state index is 0.00213. The van der Waals surface area contributed by atoms with Crippen molar-refractivity contribution in [2.24, 2.45) is 5.92 Å². The number of rotatable bonds is 2. The molecule has 5 nitrogen and oxygen atoms in total. The molecule has 0 aromatic heterocycles. The van der Waals surface area contributed by atoms with Gasteiger partial charge in [0.05, 0.1) is 13.0 Å². The van der Waals surface area contributed by atoms with Crippen LogP contribution < -0.4 is 5.32 Å². The molecule has 1 fully saturated rings. The third-order valence-corrected chi connectivity index (χ3v) is 2.93. The van der Waals surface area contributed by atoms with Gasteiger partial charge in [0.15, 0.2) is 0 Å². The quantitative estimate of drug-likeness (QED) is 0.770. The van der Waals surface area contributed by atoms with Gasteiger partial charge in [0.2, 0.25) is 0 Å². The van der Waals surface area contributed by atoms with Crippen LogP contribution in [0.25, 0.3) is 0 Å². The SMILES string of the molecule is COC(=O)C1CCC[C@@H](NC(=O)OC(C)(C)C)C1. The van der Waals surface area contributed by atoms with E-state index in [0.29, 0.717) is 6.42 Å². The van der Waals surface area contributed by atoms with Crippen LogP contribution in [0.1, 0.15) is 46.5 Å². The summed E-state index contributed by atoms with van der Waals surface area (Å²) in [7, 11) is 1.40. The van der Waals surface area contributed by atoms with E-state index < -0.39 is 11.7 Å². The molecule has 1 aliphatic carbocycles. The van der Waals surface area contributed by atoms with Crippen molar-refractivity contribution in [2.45, 2.75) is 58.1 Å². The molecule has 1 amide bonds. The topological polar surface area (TPSA) is 64.6 Å². The van der Waals surface area contributed by atoms with Crippen LogP contribution in [0.5, 0.6) is 0 Å². The van der Waals surface area contributed by atoms with Crippen LogP contribution in [0.2, 0.25) is 0 Å². The van der Waals surface area contributed by atoms with Gasteiger partial charge in [0.1, 0.15) is 5.60 Å². The lowest BCUT2D eigenvalue weighted by atomic mass is 9.86.